The van der Waals surface area contributed by atoms with E-state index in [1.807, 2.05) is 24.3 Å². The van der Waals surface area contributed by atoms with Crippen molar-refractivity contribution in [2.45, 2.75) is 5.92 Å². The second-order valence-electron chi connectivity index (χ2n) is 6.79. The molecule has 2 atom stereocenters. The molecule has 4 heteroatoms. The van der Waals surface area contributed by atoms with E-state index in [2.05, 4.69) is 35.5 Å². The Morgan fingerprint density at radius 2 is 2.00 bits per heavy atom. The van der Waals surface area contributed by atoms with Crippen LogP contribution in [0.1, 0.15) is 27.4 Å². The van der Waals surface area contributed by atoms with Crippen molar-refractivity contribution in [2.24, 2.45) is 5.92 Å². The molecule has 4 rings (SSSR count). The fourth-order valence-electron chi connectivity index (χ4n) is 3.99. The Balaban J connectivity index is 1.79. The number of amides is 1. The van der Waals surface area contributed by atoms with E-state index in [0.717, 1.165) is 41.9 Å². The average molecular weight is 317 g/mol. The average Bonchev–Trinajstić information content (AvgIpc) is 2.94. The Hall–Kier alpha value is -2.64. The normalized spacial score (nSPS) is 22.9. The van der Waals surface area contributed by atoms with Gasteiger partial charge in [0, 0.05) is 31.1 Å². The lowest BCUT2D eigenvalue weighted by atomic mass is 9.86. The maximum atomic E-state index is 12.5. The van der Waals surface area contributed by atoms with Crippen molar-refractivity contribution in [3.05, 3.63) is 59.2 Å². The van der Waals surface area contributed by atoms with E-state index in [0.29, 0.717) is 17.4 Å². The summed E-state index contributed by atoms with van der Waals surface area (Å²) >= 11 is 0. The lowest BCUT2D eigenvalue weighted by molar-refractivity contribution is 0.0951. The molecule has 1 amide bonds. The molecule has 120 valence electrons. The van der Waals surface area contributed by atoms with Crippen molar-refractivity contribution in [2.75, 3.05) is 26.7 Å². The van der Waals surface area contributed by atoms with Crippen LogP contribution in [0.3, 0.4) is 0 Å². The Morgan fingerprint density at radius 1 is 1.17 bits per heavy atom. The number of nitrogens with one attached hydrogen (secondary N) is 1. The number of likely N-dealkylation sites (N-methyl/N-ethyl adjacent to an activating group) is 1. The van der Waals surface area contributed by atoms with Gasteiger partial charge in [0.1, 0.15) is 0 Å². The van der Waals surface area contributed by atoms with Gasteiger partial charge in [0.2, 0.25) is 0 Å². The molecule has 0 unspecified atom stereocenters. The molecule has 0 spiro atoms. The van der Waals surface area contributed by atoms with E-state index in [4.69, 9.17) is 5.26 Å². The van der Waals surface area contributed by atoms with Crippen molar-refractivity contribution in [3.63, 3.8) is 0 Å². The van der Waals surface area contributed by atoms with Crippen LogP contribution in [0.4, 0.5) is 0 Å². The third-order valence-corrected chi connectivity index (χ3v) is 5.17. The number of carbonyl (C=O) groups excluding carboxylic acids is 1. The molecular formula is C20H19N3O. The van der Waals surface area contributed by atoms with E-state index < -0.39 is 0 Å². The molecule has 2 aliphatic rings. The first kappa shape index (κ1) is 14.9. The van der Waals surface area contributed by atoms with Crippen LogP contribution in [-0.2, 0) is 0 Å². The van der Waals surface area contributed by atoms with Gasteiger partial charge in [-0.1, -0.05) is 24.3 Å². The van der Waals surface area contributed by atoms with Gasteiger partial charge in [-0.3, -0.25) is 4.79 Å². The highest BCUT2D eigenvalue weighted by atomic mass is 16.1. The van der Waals surface area contributed by atoms with Gasteiger partial charge >= 0.3 is 0 Å². The van der Waals surface area contributed by atoms with Crippen LogP contribution in [0.5, 0.6) is 0 Å². The number of hydrogen-bond acceptors (Lipinski definition) is 3. The van der Waals surface area contributed by atoms with Gasteiger partial charge in [-0.05, 0) is 47.9 Å². The van der Waals surface area contributed by atoms with Gasteiger partial charge in [-0.25, -0.2) is 0 Å². The topological polar surface area (TPSA) is 56.1 Å². The number of hydrogen-bond donors (Lipinski definition) is 1. The summed E-state index contributed by atoms with van der Waals surface area (Å²) in [7, 11) is 2.14. The predicted molar refractivity (Wildman–Crippen MR) is 92.7 cm³/mol. The molecule has 24 heavy (non-hydrogen) atoms. The van der Waals surface area contributed by atoms with Crippen LogP contribution in [0, 0.1) is 17.2 Å². The standard InChI is InChI=1S/C20H19N3O/c1-23-11-16-10-22-20(24)18-8-15(5-6-17(18)19(16)12-23)14-4-2-3-13(7-14)9-21/h2-8,16,19H,10-12H2,1H3,(H,22,24)/t16-,19-/m0/s1. The summed E-state index contributed by atoms with van der Waals surface area (Å²) in [5.41, 5.74) is 4.50. The molecule has 2 aromatic rings. The monoisotopic (exact) mass is 317 g/mol. The van der Waals surface area contributed by atoms with Gasteiger partial charge in [0.15, 0.2) is 0 Å². The summed E-state index contributed by atoms with van der Waals surface area (Å²) < 4.78 is 0. The number of rotatable bonds is 1. The molecule has 1 N–H and O–H groups in total. The van der Waals surface area contributed by atoms with Crippen LogP contribution in [0.15, 0.2) is 42.5 Å². The molecule has 2 heterocycles. The van der Waals surface area contributed by atoms with Crippen molar-refractivity contribution >= 4 is 5.91 Å². The number of nitriles is 1. The smallest absolute Gasteiger partial charge is 0.251 e. The fourth-order valence-corrected chi connectivity index (χ4v) is 3.99. The summed E-state index contributed by atoms with van der Waals surface area (Å²) in [4.78, 5) is 14.9. The maximum absolute atomic E-state index is 12.5. The van der Waals surface area contributed by atoms with Gasteiger partial charge in [-0.15, -0.1) is 0 Å². The molecule has 0 aromatic heterocycles. The first-order chi connectivity index (χ1) is 11.7. The van der Waals surface area contributed by atoms with Crippen LogP contribution in [0.25, 0.3) is 11.1 Å². The lowest BCUT2D eigenvalue weighted by Crippen LogP contribution is -2.29. The summed E-state index contributed by atoms with van der Waals surface area (Å²) in [6, 6.07) is 15.8. The third kappa shape index (κ3) is 2.47. The lowest BCUT2D eigenvalue weighted by Gasteiger charge is -2.17. The molecule has 1 fully saturated rings. The van der Waals surface area contributed by atoms with Gasteiger partial charge in [0.05, 0.1) is 11.6 Å². The van der Waals surface area contributed by atoms with E-state index in [1.54, 1.807) is 6.07 Å². The highest BCUT2D eigenvalue weighted by Gasteiger charge is 2.36. The fraction of sp³-hybridized carbons (Fsp3) is 0.300. The van der Waals surface area contributed by atoms with E-state index in [-0.39, 0.29) is 5.91 Å². The Kier molecular flexibility index (Phi) is 3.59. The predicted octanol–water partition coefficient (Wildman–Crippen LogP) is 2.61. The number of fused-ring (bicyclic) bond motifs is 3. The molecule has 0 saturated carbocycles. The zero-order chi connectivity index (χ0) is 16.7. The van der Waals surface area contributed by atoms with E-state index in [1.165, 1.54) is 0 Å². The minimum Gasteiger partial charge on any atom is -0.352 e. The number of carbonyl (C=O) groups is 1. The molecule has 0 radical (unpaired) electrons. The maximum Gasteiger partial charge on any atom is 0.251 e. The number of benzene rings is 2. The SMILES string of the molecule is CN1C[C@@H]2CNC(=O)c3cc(-c4cccc(C#N)c4)ccc3[C@H]2C1. The summed E-state index contributed by atoms with van der Waals surface area (Å²) in [6.45, 7) is 2.76. The Morgan fingerprint density at radius 3 is 2.83 bits per heavy atom. The third-order valence-electron chi connectivity index (χ3n) is 5.17. The number of nitrogens with zero attached hydrogens (tertiary/aromatic N) is 2. The quantitative estimate of drug-likeness (QED) is 0.879. The molecular weight excluding hydrogens is 298 g/mol. The second kappa shape index (κ2) is 5.77. The molecule has 1 saturated heterocycles. The zero-order valence-electron chi connectivity index (χ0n) is 13.6. The highest BCUT2D eigenvalue weighted by Crippen LogP contribution is 2.37. The Labute approximate surface area is 141 Å². The summed E-state index contributed by atoms with van der Waals surface area (Å²) in [5.74, 6) is 0.900. The van der Waals surface area contributed by atoms with Crippen molar-refractivity contribution in [1.29, 1.82) is 5.26 Å². The van der Waals surface area contributed by atoms with Crippen LogP contribution in [0.2, 0.25) is 0 Å². The van der Waals surface area contributed by atoms with Gasteiger partial charge in [-0.2, -0.15) is 5.26 Å². The van der Waals surface area contributed by atoms with Gasteiger partial charge < -0.3 is 10.2 Å². The van der Waals surface area contributed by atoms with Crippen LogP contribution < -0.4 is 5.32 Å². The highest BCUT2D eigenvalue weighted by molar-refractivity contribution is 5.97. The Bertz CT molecular complexity index is 852. The number of likely N-dealkylation sites (tertiary alicyclic amines) is 1. The van der Waals surface area contributed by atoms with Crippen LogP contribution >= 0.6 is 0 Å². The molecule has 2 aliphatic heterocycles. The first-order valence-corrected chi connectivity index (χ1v) is 8.27. The largest absolute Gasteiger partial charge is 0.352 e. The van der Waals surface area contributed by atoms with Crippen molar-refractivity contribution in [1.82, 2.24) is 10.2 Å². The zero-order valence-corrected chi connectivity index (χ0v) is 13.6. The molecule has 0 bridgehead atoms. The van der Waals surface area contributed by atoms with Gasteiger partial charge in [0.25, 0.3) is 5.91 Å². The molecule has 2 aromatic carbocycles. The van der Waals surface area contributed by atoms with Crippen molar-refractivity contribution in [3.8, 4) is 17.2 Å². The second-order valence-corrected chi connectivity index (χ2v) is 6.79. The van der Waals surface area contributed by atoms with E-state index >= 15 is 0 Å². The molecule has 4 nitrogen and oxygen atoms in total. The summed E-state index contributed by atoms with van der Waals surface area (Å²) in [5, 5.41) is 12.2. The minimum atomic E-state index is 0.0142. The summed E-state index contributed by atoms with van der Waals surface area (Å²) in [6.07, 6.45) is 0. The van der Waals surface area contributed by atoms with Crippen LogP contribution in [-0.4, -0.2) is 37.5 Å². The van der Waals surface area contributed by atoms with E-state index in [9.17, 15) is 4.79 Å². The molecule has 0 aliphatic carbocycles. The first-order valence-electron chi connectivity index (χ1n) is 8.27. The van der Waals surface area contributed by atoms with Crippen molar-refractivity contribution < 1.29 is 4.79 Å². The minimum absolute atomic E-state index is 0.0142.